The molecule has 0 saturated heterocycles. The van der Waals surface area contributed by atoms with E-state index in [0.717, 1.165) is 25.7 Å². The summed E-state index contributed by atoms with van der Waals surface area (Å²) in [5, 5.41) is 0. The molecule has 0 amide bonds. The van der Waals surface area contributed by atoms with E-state index in [1.165, 1.54) is 6.42 Å². The molecule has 0 heterocycles. The molecular weight excluding hydrogens is 260 g/mol. The lowest BCUT2D eigenvalue weighted by Gasteiger charge is -2.55. The van der Waals surface area contributed by atoms with Crippen molar-refractivity contribution in [1.82, 2.24) is 0 Å². The smallest absolute Gasteiger partial charge is 0.204 e. The van der Waals surface area contributed by atoms with Crippen molar-refractivity contribution in [2.24, 2.45) is 28.6 Å². The van der Waals surface area contributed by atoms with Gasteiger partial charge in [-0.1, -0.05) is 37.6 Å². The molecule has 112 valence electrons. The topological polar surface area (TPSA) is 34.1 Å². The number of fused-ring (bicyclic) bond motifs is 5. The molecule has 0 bridgehead atoms. The molecule has 0 unspecified atom stereocenters. The third kappa shape index (κ3) is 1.59. The van der Waals surface area contributed by atoms with Crippen LogP contribution in [0, 0.1) is 28.6 Å². The summed E-state index contributed by atoms with van der Waals surface area (Å²) in [6.07, 6.45) is 13.0. The van der Waals surface area contributed by atoms with Gasteiger partial charge in [0.1, 0.15) is 0 Å². The Balaban J connectivity index is 1.73. The summed E-state index contributed by atoms with van der Waals surface area (Å²) >= 11 is 0. The molecule has 5 atom stereocenters. The monoisotopic (exact) mass is 284 g/mol. The molecule has 0 radical (unpaired) electrons. The largest absolute Gasteiger partial charge is 0.291 e. The fourth-order valence-corrected chi connectivity index (χ4v) is 5.93. The average molecular weight is 284 g/mol. The van der Waals surface area contributed by atoms with Gasteiger partial charge in [0.25, 0.3) is 0 Å². The van der Waals surface area contributed by atoms with Crippen LogP contribution in [0.5, 0.6) is 0 Å². The van der Waals surface area contributed by atoms with E-state index in [1.807, 2.05) is 0 Å². The van der Waals surface area contributed by atoms with E-state index >= 15 is 0 Å². The number of rotatable bonds is 0. The molecule has 0 aliphatic heterocycles. The Morgan fingerprint density at radius 2 is 1.95 bits per heavy atom. The summed E-state index contributed by atoms with van der Waals surface area (Å²) in [7, 11) is 0. The predicted octanol–water partition coefficient (Wildman–Crippen LogP) is 3.86. The van der Waals surface area contributed by atoms with E-state index in [-0.39, 0.29) is 22.4 Å². The SMILES string of the molecule is C[C@]12C=CCC=C1CC[C@@H]1[C@@H]2CC[C@]2(C)C(=O)C(=O)C[C@@H]12. The third-order valence-electron chi connectivity index (χ3n) is 7.18. The number of allylic oxidation sites excluding steroid dienone is 4. The van der Waals surface area contributed by atoms with Crippen LogP contribution >= 0.6 is 0 Å². The molecule has 21 heavy (non-hydrogen) atoms. The van der Waals surface area contributed by atoms with E-state index in [1.54, 1.807) is 5.57 Å². The van der Waals surface area contributed by atoms with Crippen LogP contribution in [0.2, 0.25) is 0 Å². The number of Topliss-reactive ketones (excluding diaryl/α,β-unsaturated/α-hetero) is 2. The molecule has 0 spiro atoms. The molecule has 4 aliphatic rings. The van der Waals surface area contributed by atoms with Crippen LogP contribution in [0.25, 0.3) is 0 Å². The molecule has 2 nitrogen and oxygen atoms in total. The molecule has 0 aromatic rings. The second kappa shape index (κ2) is 4.18. The van der Waals surface area contributed by atoms with Gasteiger partial charge in [0.2, 0.25) is 5.78 Å². The highest BCUT2D eigenvalue weighted by Gasteiger charge is 2.60. The Labute approximate surface area is 126 Å². The van der Waals surface area contributed by atoms with Crippen LogP contribution < -0.4 is 0 Å². The van der Waals surface area contributed by atoms with Gasteiger partial charge >= 0.3 is 0 Å². The fraction of sp³-hybridized carbons (Fsp3) is 0.684. The minimum Gasteiger partial charge on any atom is -0.291 e. The maximum atomic E-state index is 12.3. The van der Waals surface area contributed by atoms with Gasteiger partial charge in [0.15, 0.2) is 5.78 Å². The van der Waals surface area contributed by atoms with Crippen LogP contribution in [0.3, 0.4) is 0 Å². The first-order chi connectivity index (χ1) is 9.97. The van der Waals surface area contributed by atoms with Crippen molar-refractivity contribution in [2.75, 3.05) is 0 Å². The van der Waals surface area contributed by atoms with Gasteiger partial charge in [0, 0.05) is 17.3 Å². The van der Waals surface area contributed by atoms with Gasteiger partial charge < -0.3 is 0 Å². The van der Waals surface area contributed by atoms with Gasteiger partial charge in [-0.25, -0.2) is 0 Å². The molecule has 3 fully saturated rings. The summed E-state index contributed by atoms with van der Waals surface area (Å²) in [6, 6.07) is 0. The van der Waals surface area contributed by atoms with E-state index in [4.69, 9.17) is 0 Å². The van der Waals surface area contributed by atoms with Crippen LogP contribution in [-0.2, 0) is 9.59 Å². The number of hydrogen-bond acceptors (Lipinski definition) is 2. The summed E-state index contributed by atoms with van der Waals surface area (Å²) < 4.78 is 0. The number of carbonyl (C=O) groups is 2. The van der Waals surface area contributed by atoms with Crippen LogP contribution in [-0.4, -0.2) is 11.6 Å². The second-order valence-corrected chi connectivity index (χ2v) is 7.98. The third-order valence-corrected chi connectivity index (χ3v) is 7.18. The van der Waals surface area contributed by atoms with Gasteiger partial charge in [-0.2, -0.15) is 0 Å². The maximum absolute atomic E-state index is 12.3. The van der Waals surface area contributed by atoms with E-state index < -0.39 is 0 Å². The lowest BCUT2D eigenvalue weighted by molar-refractivity contribution is -0.140. The quantitative estimate of drug-likeness (QED) is 0.500. The molecule has 4 rings (SSSR count). The molecule has 2 heteroatoms. The van der Waals surface area contributed by atoms with Crippen molar-refractivity contribution in [1.29, 1.82) is 0 Å². The molecular formula is C19H24O2. The summed E-state index contributed by atoms with van der Waals surface area (Å²) in [6.45, 7) is 4.44. The van der Waals surface area contributed by atoms with E-state index in [0.29, 0.717) is 24.2 Å². The minimum absolute atomic E-state index is 0.0726. The first kappa shape index (κ1) is 13.5. The highest BCUT2D eigenvalue weighted by atomic mass is 16.2. The van der Waals surface area contributed by atoms with Crippen LogP contribution in [0.15, 0.2) is 23.8 Å². The zero-order valence-corrected chi connectivity index (χ0v) is 13.0. The molecule has 0 aromatic carbocycles. The van der Waals surface area contributed by atoms with Gasteiger partial charge in [0.05, 0.1) is 0 Å². The van der Waals surface area contributed by atoms with E-state index in [9.17, 15) is 9.59 Å². The van der Waals surface area contributed by atoms with Crippen molar-refractivity contribution in [3.8, 4) is 0 Å². The van der Waals surface area contributed by atoms with Crippen molar-refractivity contribution < 1.29 is 9.59 Å². The Morgan fingerprint density at radius 3 is 2.76 bits per heavy atom. The fourth-order valence-electron chi connectivity index (χ4n) is 5.93. The van der Waals surface area contributed by atoms with Crippen molar-refractivity contribution in [2.45, 2.75) is 52.4 Å². The zero-order chi connectivity index (χ0) is 14.8. The maximum Gasteiger partial charge on any atom is 0.204 e. The first-order valence-corrected chi connectivity index (χ1v) is 8.41. The van der Waals surface area contributed by atoms with Crippen LogP contribution in [0.1, 0.15) is 52.4 Å². The predicted molar refractivity (Wildman–Crippen MR) is 81.6 cm³/mol. The molecule has 4 aliphatic carbocycles. The highest BCUT2D eigenvalue weighted by molar-refractivity contribution is 6.41. The average Bonchev–Trinajstić information content (AvgIpc) is 2.70. The van der Waals surface area contributed by atoms with Gasteiger partial charge in [-0.3, -0.25) is 9.59 Å². The zero-order valence-electron chi connectivity index (χ0n) is 13.0. The number of carbonyl (C=O) groups excluding carboxylic acids is 2. The van der Waals surface area contributed by atoms with E-state index in [2.05, 4.69) is 32.1 Å². The Bertz CT molecular complexity index is 584. The molecule has 3 saturated carbocycles. The molecule has 0 N–H and O–H groups in total. The second-order valence-electron chi connectivity index (χ2n) is 7.98. The number of hydrogen-bond donors (Lipinski definition) is 0. The normalized spacial score (nSPS) is 48.5. The molecule has 0 aromatic heterocycles. The Morgan fingerprint density at radius 1 is 1.14 bits per heavy atom. The summed E-state index contributed by atoms with van der Waals surface area (Å²) in [5.74, 6) is 1.28. The summed E-state index contributed by atoms with van der Waals surface area (Å²) in [4.78, 5) is 24.3. The van der Waals surface area contributed by atoms with Crippen molar-refractivity contribution in [3.05, 3.63) is 23.8 Å². The lowest BCUT2D eigenvalue weighted by atomic mass is 9.48. The van der Waals surface area contributed by atoms with Crippen LogP contribution in [0.4, 0.5) is 0 Å². The van der Waals surface area contributed by atoms with Gasteiger partial charge in [-0.15, -0.1) is 0 Å². The lowest BCUT2D eigenvalue weighted by Crippen LogP contribution is -2.49. The van der Waals surface area contributed by atoms with Crippen molar-refractivity contribution in [3.63, 3.8) is 0 Å². The van der Waals surface area contributed by atoms with Crippen molar-refractivity contribution >= 4 is 11.6 Å². The minimum atomic E-state index is -0.353. The Hall–Kier alpha value is -1.18. The van der Waals surface area contributed by atoms with Gasteiger partial charge in [-0.05, 0) is 49.9 Å². The number of ketones is 2. The first-order valence-electron chi connectivity index (χ1n) is 8.41. The highest BCUT2D eigenvalue weighted by Crippen LogP contribution is 2.63. The standard InChI is InChI=1S/C19H24O2/c1-18-9-4-3-5-12(18)6-7-13-14(18)8-10-19(2)15(13)11-16(20)17(19)21/h4-5,9,13-15H,3,6-8,10-11H2,1-2H3/t13-,14+,15+,18+,19+/m1/s1. The Kier molecular flexibility index (Phi) is 2.68. The summed E-state index contributed by atoms with van der Waals surface area (Å²) in [5.41, 5.74) is 1.43.